The van der Waals surface area contributed by atoms with Gasteiger partial charge in [-0.2, -0.15) is 0 Å². The second-order valence-electron chi connectivity index (χ2n) is 6.74. The van der Waals surface area contributed by atoms with Gasteiger partial charge in [-0.3, -0.25) is 9.59 Å². The van der Waals surface area contributed by atoms with Gasteiger partial charge < -0.3 is 15.0 Å². The third-order valence-electron chi connectivity index (χ3n) is 4.55. The zero-order valence-corrected chi connectivity index (χ0v) is 18.4. The maximum Gasteiger partial charge on any atom is 0.261 e. The average molecular weight is 437 g/mol. The van der Waals surface area contributed by atoms with Crippen molar-refractivity contribution in [2.24, 2.45) is 0 Å². The number of aryl methyl sites for hydroxylation is 1. The zero-order valence-electron chi connectivity index (χ0n) is 16.9. The summed E-state index contributed by atoms with van der Waals surface area (Å²) < 4.78 is 5.70. The van der Waals surface area contributed by atoms with Gasteiger partial charge in [0.25, 0.3) is 5.91 Å². The van der Waals surface area contributed by atoms with Crippen molar-refractivity contribution in [2.45, 2.75) is 39.8 Å². The molecule has 1 N–H and O–H groups in total. The summed E-state index contributed by atoms with van der Waals surface area (Å²) in [6.45, 7) is 6.00. The molecule has 5 nitrogen and oxygen atoms in total. The first-order valence-corrected chi connectivity index (χ1v) is 10.3. The number of nitrogens with one attached hydrogen (secondary N) is 1. The molecule has 0 fully saturated rings. The number of hydrogen-bond donors (Lipinski definition) is 1. The smallest absolute Gasteiger partial charge is 0.261 e. The van der Waals surface area contributed by atoms with Crippen LogP contribution in [0.25, 0.3) is 0 Å². The second kappa shape index (κ2) is 11.1. The van der Waals surface area contributed by atoms with Gasteiger partial charge in [0.2, 0.25) is 5.91 Å². The van der Waals surface area contributed by atoms with Crippen LogP contribution in [-0.2, 0) is 16.1 Å². The van der Waals surface area contributed by atoms with Crippen molar-refractivity contribution in [1.82, 2.24) is 10.2 Å². The number of amides is 2. The number of hydrogen-bond acceptors (Lipinski definition) is 3. The standard InChI is InChI=1S/C22H26Cl2N2O3/c1-4-12-25-22(28)16(3)26(13-17-18(23)9-7-10-19(17)24)21(27)14-29-20-11-6-5-8-15(20)2/h5-11,16H,4,12-14H2,1-3H3,(H,25,28)/t16-/m0/s1. The third-order valence-corrected chi connectivity index (χ3v) is 5.26. The van der Waals surface area contributed by atoms with Gasteiger partial charge in [-0.05, 0) is 44.0 Å². The Balaban J connectivity index is 2.22. The molecule has 1 atom stereocenters. The molecule has 0 aliphatic carbocycles. The van der Waals surface area contributed by atoms with E-state index in [4.69, 9.17) is 27.9 Å². The third kappa shape index (κ3) is 6.38. The highest BCUT2D eigenvalue weighted by atomic mass is 35.5. The molecule has 0 saturated carbocycles. The second-order valence-corrected chi connectivity index (χ2v) is 7.56. The predicted octanol–water partition coefficient (Wildman–Crippen LogP) is 4.62. The Hall–Kier alpha value is -2.24. The number of carbonyl (C=O) groups excluding carboxylic acids is 2. The summed E-state index contributed by atoms with van der Waals surface area (Å²) in [5.41, 5.74) is 1.52. The van der Waals surface area contributed by atoms with Gasteiger partial charge in [0.1, 0.15) is 11.8 Å². The normalized spacial score (nSPS) is 11.6. The van der Waals surface area contributed by atoms with E-state index in [2.05, 4.69) is 5.32 Å². The molecule has 29 heavy (non-hydrogen) atoms. The summed E-state index contributed by atoms with van der Waals surface area (Å²) in [7, 11) is 0. The van der Waals surface area contributed by atoms with Crippen LogP contribution in [0.4, 0.5) is 0 Å². The van der Waals surface area contributed by atoms with Crippen LogP contribution in [0.1, 0.15) is 31.4 Å². The van der Waals surface area contributed by atoms with Crippen molar-refractivity contribution in [3.63, 3.8) is 0 Å². The molecule has 156 valence electrons. The Morgan fingerprint density at radius 3 is 2.38 bits per heavy atom. The molecule has 0 aliphatic rings. The fourth-order valence-electron chi connectivity index (χ4n) is 2.77. The Kier molecular flexibility index (Phi) is 8.80. The molecule has 0 bridgehead atoms. The lowest BCUT2D eigenvalue weighted by molar-refractivity contribution is -0.142. The molecule has 2 amide bonds. The number of rotatable bonds is 9. The first kappa shape index (κ1) is 23.0. The summed E-state index contributed by atoms with van der Waals surface area (Å²) in [6.07, 6.45) is 0.805. The summed E-state index contributed by atoms with van der Waals surface area (Å²) in [5, 5.41) is 3.71. The van der Waals surface area contributed by atoms with E-state index in [-0.39, 0.29) is 25.0 Å². The highest BCUT2D eigenvalue weighted by Crippen LogP contribution is 2.26. The van der Waals surface area contributed by atoms with E-state index in [0.29, 0.717) is 27.9 Å². The summed E-state index contributed by atoms with van der Waals surface area (Å²) in [5.74, 6) is 0.0577. The molecule has 2 aromatic rings. The van der Waals surface area contributed by atoms with E-state index in [1.165, 1.54) is 4.90 Å². The quantitative estimate of drug-likeness (QED) is 0.623. The molecule has 0 unspecified atom stereocenters. The summed E-state index contributed by atoms with van der Waals surface area (Å²) >= 11 is 12.6. The number of carbonyl (C=O) groups is 2. The van der Waals surface area contributed by atoms with Crippen LogP contribution in [0, 0.1) is 6.92 Å². The molecular weight excluding hydrogens is 411 g/mol. The van der Waals surface area contributed by atoms with E-state index in [0.717, 1.165) is 12.0 Å². The van der Waals surface area contributed by atoms with Crippen LogP contribution in [0.15, 0.2) is 42.5 Å². The van der Waals surface area contributed by atoms with Gasteiger partial charge in [-0.15, -0.1) is 0 Å². The Morgan fingerprint density at radius 2 is 1.76 bits per heavy atom. The van der Waals surface area contributed by atoms with Crippen molar-refractivity contribution >= 4 is 35.0 Å². The lowest BCUT2D eigenvalue weighted by atomic mass is 10.1. The van der Waals surface area contributed by atoms with Gasteiger partial charge >= 0.3 is 0 Å². The minimum absolute atomic E-state index is 0.106. The van der Waals surface area contributed by atoms with Crippen molar-refractivity contribution in [3.05, 3.63) is 63.6 Å². The maximum atomic E-state index is 13.0. The van der Waals surface area contributed by atoms with Crippen molar-refractivity contribution in [1.29, 1.82) is 0 Å². The molecule has 0 spiro atoms. The van der Waals surface area contributed by atoms with Crippen LogP contribution < -0.4 is 10.1 Å². The molecule has 0 aliphatic heterocycles. The van der Waals surface area contributed by atoms with Gasteiger partial charge in [-0.1, -0.05) is 54.4 Å². The molecule has 0 heterocycles. The van der Waals surface area contributed by atoms with Crippen LogP contribution in [0.2, 0.25) is 10.0 Å². The van der Waals surface area contributed by atoms with E-state index in [1.807, 2.05) is 32.0 Å². The largest absolute Gasteiger partial charge is 0.484 e. The van der Waals surface area contributed by atoms with Gasteiger partial charge in [-0.25, -0.2) is 0 Å². The van der Waals surface area contributed by atoms with Gasteiger partial charge in [0.15, 0.2) is 6.61 Å². The van der Waals surface area contributed by atoms with Crippen molar-refractivity contribution in [2.75, 3.05) is 13.2 Å². The van der Waals surface area contributed by atoms with Crippen LogP contribution >= 0.6 is 23.2 Å². The minimum atomic E-state index is -0.707. The molecular formula is C22H26Cl2N2O3. The number of para-hydroxylation sites is 1. The molecule has 7 heteroatoms. The fourth-order valence-corrected chi connectivity index (χ4v) is 3.29. The first-order chi connectivity index (χ1) is 13.8. The predicted molar refractivity (Wildman–Crippen MR) is 116 cm³/mol. The van der Waals surface area contributed by atoms with Crippen LogP contribution in [-0.4, -0.2) is 35.9 Å². The number of nitrogens with zero attached hydrogens (tertiary/aromatic N) is 1. The van der Waals surface area contributed by atoms with Crippen LogP contribution in [0.5, 0.6) is 5.75 Å². The summed E-state index contributed by atoms with van der Waals surface area (Å²) in [6, 6.07) is 11.9. The first-order valence-electron chi connectivity index (χ1n) is 9.53. The number of halogens is 2. The molecule has 2 aromatic carbocycles. The molecule has 0 saturated heterocycles. The number of ether oxygens (including phenoxy) is 1. The van der Waals surface area contributed by atoms with Gasteiger partial charge in [0.05, 0.1) is 0 Å². The van der Waals surface area contributed by atoms with Crippen molar-refractivity contribution < 1.29 is 14.3 Å². The fraction of sp³-hybridized carbons (Fsp3) is 0.364. The van der Waals surface area contributed by atoms with E-state index in [1.54, 1.807) is 31.2 Å². The zero-order chi connectivity index (χ0) is 21.4. The van der Waals surface area contributed by atoms with Crippen LogP contribution in [0.3, 0.4) is 0 Å². The van der Waals surface area contributed by atoms with E-state index in [9.17, 15) is 9.59 Å². The monoisotopic (exact) mass is 436 g/mol. The lowest BCUT2D eigenvalue weighted by Gasteiger charge is -2.29. The SMILES string of the molecule is CCCNC(=O)[C@H](C)N(Cc1c(Cl)cccc1Cl)C(=O)COc1ccccc1C. The highest BCUT2D eigenvalue weighted by molar-refractivity contribution is 6.36. The van der Waals surface area contributed by atoms with Gasteiger partial charge in [0, 0.05) is 28.7 Å². The Morgan fingerprint density at radius 1 is 1.10 bits per heavy atom. The number of benzene rings is 2. The highest BCUT2D eigenvalue weighted by Gasteiger charge is 2.27. The van der Waals surface area contributed by atoms with Crippen molar-refractivity contribution in [3.8, 4) is 5.75 Å². The minimum Gasteiger partial charge on any atom is -0.484 e. The van der Waals surface area contributed by atoms with E-state index < -0.39 is 6.04 Å². The Bertz CT molecular complexity index is 837. The molecule has 2 rings (SSSR count). The lowest BCUT2D eigenvalue weighted by Crippen LogP contribution is -2.49. The van der Waals surface area contributed by atoms with E-state index >= 15 is 0 Å². The Labute approximate surface area is 181 Å². The average Bonchev–Trinajstić information content (AvgIpc) is 2.70. The molecule has 0 aromatic heterocycles. The summed E-state index contributed by atoms with van der Waals surface area (Å²) in [4.78, 5) is 27.0. The maximum absolute atomic E-state index is 13.0. The topological polar surface area (TPSA) is 58.6 Å². The molecule has 0 radical (unpaired) electrons.